The van der Waals surface area contributed by atoms with Crippen molar-refractivity contribution in [2.45, 2.75) is 25.6 Å². The van der Waals surface area contributed by atoms with E-state index in [4.69, 9.17) is 17.0 Å². The molecule has 7 nitrogen and oxygen atoms in total. The molecule has 0 N–H and O–H groups in total. The second-order valence-corrected chi connectivity index (χ2v) is 10.4. The van der Waals surface area contributed by atoms with Crippen LogP contribution >= 0.6 is 28.1 Å². The van der Waals surface area contributed by atoms with Gasteiger partial charge < -0.3 is 9.30 Å². The number of ether oxygens (including phenoxy) is 1. The number of hydrogen-bond acceptors (Lipinski definition) is 6. The van der Waals surface area contributed by atoms with Gasteiger partial charge in [-0.25, -0.2) is 13.1 Å². The molecule has 0 aliphatic carbocycles. The summed E-state index contributed by atoms with van der Waals surface area (Å²) in [5.41, 5.74) is 1.05. The van der Waals surface area contributed by atoms with Crippen LogP contribution in [0, 0.1) is 4.77 Å². The standard InChI is InChI=1S/C17H23BrN4O3S2/c1-20(9-13-8-14(18)4-5-15(13)25-3)11-22-17(26)21(2)16(19-22)12-6-7-27(23,24)10-12/h4-5,8,12H,6-7,9-11H2,1-3H3. The van der Waals surface area contributed by atoms with Crippen LogP contribution in [0.5, 0.6) is 5.75 Å². The minimum absolute atomic E-state index is 0.0848. The number of aromatic nitrogens is 3. The number of benzene rings is 1. The Labute approximate surface area is 173 Å². The van der Waals surface area contributed by atoms with E-state index in [9.17, 15) is 8.42 Å². The minimum atomic E-state index is -2.96. The highest BCUT2D eigenvalue weighted by molar-refractivity contribution is 9.10. The molecule has 3 rings (SSSR count). The van der Waals surface area contributed by atoms with Gasteiger partial charge in [0.1, 0.15) is 11.6 Å². The van der Waals surface area contributed by atoms with Gasteiger partial charge >= 0.3 is 0 Å². The second-order valence-electron chi connectivity index (χ2n) is 6.91. The van der Waals surface area contributed by atoms with E-state index in [0.29, 0.717) is 24.4 Å². The third kappa shape index (κ3) is 4.61. The molecule has 148 valence electrons. The maximum atomic E-state index is 11.8. The summed E-state index contributed by atoms with van der Waals surface area (Å²) in [6.07, 6.45) is 0.604. The zero-order chi connectivity index (χ0) is 19.8. The zero-order valence-electron chi connectivity index (χ0n) is 15.6. The van der Waals surface area contributed by atoms with Crippen LogP contribution in [0.4, 0.5) is 0 Å². The lowest BCUT2D eigenvalue weighted by atomic mass is 10.1. The third-order valence-corrected chi connectivity index (χ3v) is 7.48. The van der Waals surface area contributed by atoms with E-state index in [1.54, 1.807) is 11.8 Å². The minimum Gasteiger partial charge on any atom is -0.496 e. The molecule has 1 aromatic carbocycles. The SMILES string of the molecule is COc1ccc(Br)cc1CN(C)Cn1nc(C2CCS(=O)(=O)C2)n(C)c1=S. The van der Waals surface area contributed by atoms with E-state index in [2.05, 4.69) is 25.9 Å². The fourth-order valence-corrected chi connectivity index (χ4v) is 5.73. The lowest BCUT2D eigenvalue weighted by molar-refractivity contribution is 0.240. The highest BCUT2D eigenvalue weighted by Crippen LogP contribution is 2.28. The largest absolute Gasteiger partial charge is 0.496 e. The molecule has 1 unspecified atom stereocenters. The number of sulfone groups is 1. The molecule has 2 aromatic rings. The van der Waals surface area contributed by atoms with Crippen molar-refractivity contribution < 1.29 is 13.2 Å². The van der Waals surface area contributed by atoms with E-state index < -0.39 is 9.84 Å². The molecule has 2 heterocycles. The maximum absolute atomic E-state index is 11.8. The van der Waals surface area contributed by atoms with Gasteiger partial charge in [-0.05, 0) is 43.9 Å². The van der Waals surface area contributed by atoms with Crippen molar-refractivity contribution in [1.82, 2.24) is 19.2 Å². The fraction of sp³-hybridized carbons (Fsp3) is 0.529. The summed E-state index contributed by atoms with van der Waals surface area (Å²) in [4.78, 5) is 2.09. The molecule has 1 saturated heterocycles. The topological polar surface area (TPSA) is 69.4 Å². The third-order valence-electron chi connectivity index (χ3n) is 4.73. The van der Waals surface area contributed by atoms with Crippen LogP contribution in [-0.2, 0) is 30.1 Å². The first-order valence-corrected chi connectivity index (χ1v) is 11.6. The molecular weight excluding hydrogens is 452 g/mol. The molecule has 0 radical (unpaired) electrons. The smallest absolute Gasteiger partial charge is 0.198 e. The normalized spacial score (nSPS) is 18.9. The van der Waals surface area contributed by atoms with Crippen molar-refractivity contribution in [3.05, 3.63) is 38.8 Å². The zero-order valence-corrected chi connectivity index (χ0v) is 18.8. The average molecular weight is 475 g/mol. The molecule has 1 fully saturated rings. The Morgan fingerprint density at radius 2 is 2.19 bits per heavy atom. The Morgan fingerprint density at radius 1 is 1.44 bits per heavy atom. The Hall–Kier alpha value is -1.23. The molecule has 10 heteroatoms. The molecule has 1 aliphatic heterocycles. The van der Waals surface area contributed by atoms with Gasteiger partial charge in [-0.1, -0.05) is 15.9 Å². The summed E-state index contributed by atoms with van der Waals surface area (Å²) in [6, 6.07) is 5.90. The lowest BCUT2D eigenvalue weighted by Gasteiger charge is -2.18. The van der Waals surface area contributed by atoms with Crippen LogP contribution in [0.15, 0.2) is 22.7 Å². The van der Waals surface area contributed by atoms with Gasteiger partial charge in [0.2, 0.25) is 0 Å². The van der Waals surface area contributed by atoms with Gasteiger partial charge in [-0.2, -0.15) is 5.10 Å². The van der Waals surface area contributed by atoms with Gasteiger partial charge in [0.25, 0.3) is 0 Å². The molecular formula is C17H23BrN4O3S2. The Balaban J connectivity index is 1.77. The number of nitrogens with zero attached hydrogens (tertiary/aromatic N) is 4. The van der Waals surface area contributed by atoms with Crippen LogP contribution in [-0.4, -0.2) is 53.3 Å². The van der Waals surface area contributed by atoms with Crippen molar-refractivity contribution in [2.75, 3.05) is 25.7 Å². The predicted molar refractivity (Wildman–Crippen MR) is 110 cm³/mol. The van der Waals surface area contributed by atoms with Gasteiger partial charge in [-0.3, -0.25) is 4.90 Å². The molecule has 0 amide bonds. The average Bonchev–Trinajstić information content (AvgIpc) is 3.09. The van der Waals surface area contributed by atoms with Gasteiger partial charge in [0.05, 0.1) is 25.3 Å². The van der Waals surface area contributed by atoms with Crippen molar-refractivity contribution >= 4 is 38.0 Å². The maximum Gasteiger partial charge on any atom is 0.198 e. The van der Waals surface area contributed by atoms with Gasteiger partial charge in [0.15, 0.2) is 14.6 Å². The van der Waals surface area contributed by atoms with Crippen LogP contribution in [0.3, 0.4) is 0 Å². The van der Waals surface area contributed by atoms with Crippen LogP contribution in [0.2, 0.25) is 0 Å². The molecule has 1 aliphatic rings. The van der Waals surface area contributed by atoms with E-state index in [1.165, 1.54) is 0 Å². The number of methoxy groups -OCH3 is 1. The van der Waals surface area contributed by atoms with E-state index in [0.717, 1.165) is 21.6 Å². The lowest BCUT2D eigenvalue weighted by Crippen LogP contribution is -2.23. The van der Waals surface area contributed by atoms with Crippen LogP contribution in [0.1, 0.15) is 23.7 Å². The summed E-state index contributed by atoms with van der Waals surface area (Å²) in [6.45, 7) is 1.16. The number of rotatable bonds is 6. The first-order chi connectivity index (χ1) is 12.7. The van der Waals surface area contributed by atoms with Crippen LogP contribution < -0.4 is 4.74 Å². The Bertz CT molecular complexity index is 1000. The summed E-state index contributed by atoms with van der Waals surface area (Å²) in [7, 11) is 2.52. The molecule has 0 saturated carbocycles. The van der Waals surface area contributed by atoms with Crippen molar-refractivity contribution in [1.29, 1.82) is 0 Å². The summed E-state index contributed by atoms with van der Waals surface area (Å²) in [5.74, 6) is 1.86. The number of halogens is 1. The predicted octanol–water partition coefficient (Wildman–Crippen LogP) is 2.71. The first-order valence-electron chi connectivity index (χ1n) is 8.55. The van der Waals surface area contributed by atoms with Crippen LogP contribution in [0.25, 0.3) is 0 Å². The fourth-order valence-electron chi connectivity index (χ4n) is 3.39. The summed E-state index contributed by atoms with van der Waals surface area (Å²) in [5, 5.41) is 4.63. The van der Waals surface area contributed by atoms with Crippen molar-refractivity contribution in [3.8, 4) is 5.75 Å². The van der Waals surface area contributed by atoms with E-state index >= 15 is 0 Å². The van der Waals surface area contributed by atoms with E-state index in [1.807, 2.05) is 36.9 Å². The monoisotopic (exact) mass is 474 g/mol. The Kier molecular flexibility index (Phi) is 6.09. The van der Waals surface area contributed by atoms with Gasteiger partial charge in [0, 0.05) is 29.5 Å². The molecule has 1 aromatic heterocycles. The molecule has 27 heavy (non-hydrogen) atoms. The van der Waals surface area contributed by atoms with E-state index in [-0.39, 0.29) is 17.4 Å². The number of hydrogen-bond donors (Lipinski definition) is 0. The van der Waals surface area contributed by atoms with Gasteiger partial charge in [-0.15, -0.1) is 0 Å². The quantitative estimate of drug-likeness (QED) is 0.599. The second kappa shape index (κ2) is 8.02. The summed E-state index contributed by atoms with van der Waals surface area (Å²) >= 11 is 9.01. The Morgan fingerprint density at radius 3 is 2.81 bits per heavy atom. The molecule has 0 spiro atoms. The van der Waals surface area contributed by atoms with Crippen molar-refractivity contribution in [2.24, 2.45) is 7.05 Å². The molecule has 1 atom stereocenters. The first kappa shape index (κ1) is 20.5. The molecule has 0 bridgehead atoms. The summed E-state index contributed by atoms with van der Waals surface area (Å²) < 4.78 is 34.2. The highest BCUT2D eigenvalue weighted by atomic mass is 79.9. The highest BCUT2D eigenvalue weighted by Gasteiger charge is 2.32. The van der Waals surface area contributed by atoms with Crippen molar-refractivity contribution in [3.63, 3.8) is 0 Å².